The summed E-state index contributed by atoms with van der Waals surface area (Å²) < 4.78 is 5.68. The minimum absolute atomic E-state index is 0.0240. The highest BCUT2D eigenvalue weighted by molar-refractivity contribution is 5.54. The summed E-state index contributed by atoms with van der Waals surface area (Å²) in [6.07, 6.45) is 5.86. The van der Waals surface area contributed by atoms with Gasteiger partial charge < -0.3 is 14.9 Å². The lowest BCUT2D eigenvalue weighted by Crippen LogP contribution is -2.12. The Kier molecular flexibility index (Phi) is 5.37. The molecule has 0 bridgehead atoms. The summed E-state index contributed by atoms with van der Waals surface area (Å²) in [7, 11) is 0. The monoisotopic (exact) mass is 286 g/mol. The molecule has 0 saturated carbocycles. The fraction of sp³-hybridized carbons (Fsp3) is 0.333. The predicted octanol–water partition coefficient (Wildman–Crippen LogP) is 3.45. The topological polar surface area (TPSA) is 49.7 Å². The van der Waals surface area contributed by atoms with Crippen LogP contribution in [0.25, 0.3) is 6.08 Å². The molecule has 0 aliphatic carbocycles. The molecular formula is C18H22O3. The average molecular weight is 286 g/mol. The van der Waals surface area contributed by atoms with E-state index in [1.54, 1.807) is 12.1 Å². The minimum Gasteiger partial charge on any atom is -0.508 e. The van der Waals surface area contributed by atoms with E-state index in [0.29, 0.717) is 6.61 Å². The zero-order valence-corrected chi connectivity index (χ0v) is 12.4. The van der Waals surface area contributed by atoms with Gasteiger partial charge in [-0.25, -0.2) is 0 Å². The van der Waals surface area contributed by atoms with Crippen molar-refractivity contribution in [3.63, 3.8) is 0 Å². The number of rotatable bonds is 6. The molecule has 0 saturated heterocycles. The van der Waals surface area contributed by atoms with Gasteiger partial charge in [-0.1, -0.05) is 36.4 Å². The quantitative estimate of drug-likeness (QED) is 0.842. The number of aromatic hydroxyl groups is 1. The zero-order valence-electron chi connectivity index (χ0n) is 12.4. The molecule has 1 atom stereocenters. The van der Waals surface area contributed by atoms with Crippen LogP contribution in [0.1, 0.15) is 25.3 Å². The maximum absolute atomic E-state index is 9.46. The Bertz CT molecular complexity index is 570. The van der Waals surface area contributed by atoms with Crippen molar-refractivity contribution in [1.29, 1.82) is 0 Å². The SMILES string of the molecule is C=C(CO)C1=CCOC1CC/C(C)=C/c1cccc(O)c1. The van der Waals surface area contributed by atoms with Crippen molar-refractivity contribution in [1.82, 2.24) is 0 Å². The van der Waals surface area contributed by atoms with Gasteiger partial charge in [0.1, 0.15) is 5.75 Å². The number of phenols is 1. The van der Waals surface area contributed by atoms with Gasteiger partial charge in [-0.2, -0.15) is 0 Å². The highest BCUT2D eigenvalue weighted by atomic mass is 16.5. The summed E-state index contributed by atoms with van der Waals surface area (Å²) >= 11 is 0. The van der Waals surface area contributed by atoms with Gasteiger partial charge in [0.05, 0.1) is 19.3 Å². The number of ether oxygens (including phenoxy) is 1. The molecule has 1 aromatic rings. The first-order valence-electron chi connectivity index (χ1n) is 7.17. The second-order valence-corrected chi connectivity index (χ2v) is 5.37. The summed E-state index contributed by atoms with van der Waals surface area (Å²) in [5.74, 6) is 0.278. The van der Waals surface area contributed by atoms with Gasteiger partial charge in [0.2, 0.25) is 0 Å². The molecule has 1 aromatic carbocycles. The van der Waals surface area contributed by atoms with Crippen molar-refractivity contribution >= 4 is 6.08 Å². The fourth-order valence-electron chi connectivity index (χ4n) is 2.51. The van der Waals surface area contributed by atoms with Crippen molar-refractivity contribution in [2.24, 2.45) is 0 Å². The Morgan fingerprint density at radius 2 is 2.29 bits per heavy atom. The molecule has 3 heteroatoms. The van der Waals surface area contributed by atoms with Crippen LogP contribution < -0.4 is 0 Å². The van der Waals surface area contributed by atoms with E-state index in [1.807, 2.05) is 18.2 Å². The number of hydrogen-bond donors (Lipinski definition) is 2. The largest absolute Gasteiger partial charge is 0.508 e. The van der Waals surface area contributed by atoms with Crippen molar-refractivity contribution in [3.05, 3.63) is 59.2 Å². The summed E-state index contributed by atoms with van der Waals surface area (Å²) in [6, 6.07) is 7.21. The van der Waals surface area contributed by atoms with E-state index < -0.39 is 0 Å². The molecule has 1 unspecified atom stereocenters. The van der Waals surface area contributed by atoms with Gasteiger partial charge >= 0.3 is 0 Å². The Morgan fingerprint density at radius 1 is 1.48 bits per heavy atom. The Morgan fingerprint density at radius 3 is 3.00 bits per heavy atom. The maximum Gasteiger partial charge on any atom is 0.116 e. The molecule has 2 N–H and O–H groups in total. The van der Waals surface area contributed by atoms with Gasteiger partial charge in [0.15, 0.2) is 0 Å². The van der Waals surface area contributed by atoms with Crippen molar-refractivity contribution in [2.75, 3.05) is 13.2 Å². The van der Waals surface area contributed by atoms with Crippen LogP contribution in [0.4, 0.5) is 0 Å². The molecule has 0 fully saturated rings. The summed E-state index contributed by atoms with van der Waals surface area (Å²) in [5, 5.41) is 18.6. The molecule has 112 valence electrons. The lowest BCUT2D eigenvalue weighted by Gasteiger charge is -2.15. The Hall–Kier alpha value is -1.84. The molecule has 3 nitrogen and oxygen atoms in total. The fourth-order valence-corrected chi connectivity index (χ4v) is 2.51. The predicted molar refractivity (Wildman–Crippen MR) is 85.0 cm³/mol. The number of allylic oxidation sites excluding steroid dienone is 1. The van der Waals surface area contributed by atoms with E-state index in [0.717, 1.165) is 29.6 Å². The number of phenolic OH excluding ortho intramolecular Hbond substituents is 1. The van der Waals surface area contributed by atoms with Gasteiger partial charge in [-0.3, -0.25) is 0 Å². The van der Waals surface area contributed by atoms with Crippen LogP contribution in [0.5, 0.6) is 5.75 Å². The van der Waals surface area contributed by atoms with Crippen LogP contribution in [0.3, 0.4) is 0 Å². The number of hydrogen-bond acceptors (Lipinski definition) is 3. The van der Waals surface area contributed by atoms with Crippen LogP contribution in [-0.4, -0.2) is 29.5 Å². The number of benzene rings is 1. The van der Waals surface area contributed by atoms with E-state index in [-0.39, 0.29) is 18.5 Å². The van der Waals surface area contributed by atoms with Crippen LogP contribution in [-0.2, 0) is 4.74 Å². The molecular weight excluding hydrogens is 264 g/mol. The molecule has 0 radical (unpaired) electrons. The van der Waals surface area contributed by atoms with Crippen LogP contribution >= 0.6 is 0 Å². The first-order valence-corrected chi connectivity index (χ1v) is 7.17. The number of aliphatic hydroxyl groups is 1. The van der Waals surface area contributed by atoms with Gasteiger partial charge in [0, 0.05) is 0 Å². The van der Waals surface area contributed by atoms with Crippen molar-refractivity contribution in [3.8, 4) is 5.75 Å². The van der Waals surface area contributed by atoms with Gasteiger partial charge in [0.25, 0.3) is 0 Å². The second-order valence-electron chi connectivity index (χ2n) is 5.37. The lowest BCUT2D eigenvalue weighted by atomic mass is 9.97. The van der Waals surface area contributed by atoms with Crippen molar-refractivity contribution in [2.45, 2.75) is 25.9 Å². The average Bonchev–Trinajstić information content (AvgIpc) is 2.92. The molecule has 21 heavy (non-hydrogen) atoms. The molecule has 1 aliphatic rings. The highest BCUT2D eigenvalue weighted by Gasteiger charge is 2.21. The molecule has 1 aliphatic heterocycles. The van der Waals surface area contributed by atoms with Crippen LogP contribution in [0, 0.1) is 0 Å². The minimum atomic E-state index is -0.0240. The van der Waals surface area contributed by atoms with E-state index in [1.165, 1.54) is 5.57 Å². The third kappa shape index (κ3) is 4.31. The van der Waals surface area contributed by atoms with Gasteiger partial charge in [-0.05, 0) is 48.6 Å². The third-order valence-electron chi connectivity index (χ3n) is 3.63. The Balaban J connectivity index is 1.93. The van der Waals surface area contributed by atoms with E-state index in [2.05, 4.69) is 19.6 Å². The maximum atomic E-state index is 9.46. The summed E-state index contributed by atoms with van der Waals surface area (Å²) in [4.78, 5) is 0. The first-order chi connectivity index (χ1) is 10.1. The molecule has 0 amide bonds. The first kappa shape index (κ1) is 15.5. The van der Waals surface area contributed by atoms with E-state index in [4.69, 9.17) is 4.74 Å². The molecule has 0 aromatic heterocycles. The zero-order chi connectivity index (χ0) is 15.2. The molecule has 2 rings (SSSR count). The molecule has 1 heterocycles. The van der Waals surface area contributed by atoms with Crippen LogP contribution in [0.2, 0.25) is 0 Å². The Labute approximate surface area is 125 Å². The van der Waals surface area contributed by atoms with E-state index >= 15 is 0 Å². The normalized spacial score (nSPS) is 18.7. The third-order valence-corrected chi connectivity index (χ3v) is 3.63. The van der Waals surface area contributed by atoms with Crippen LogP contribution in [0.15, 0.2) is 53.6 Å². The highest BCUT2D eigenvalue weighted by Crippen LogP contribution is 2.26. The smallest absolute Gasteiger partial charge is 0.116 e. The standard InChI is InChI=1S/C18H22O3/c1-13(10-15-4-3-5-16(20)11-15)6-7-18-17(8-9-21-18)14(2)12-19/h3-5,8,10-11,18-20H,2,6-7,9,12H2,1H3/b13-10+. The summed E-state index contributed by atoms with van der Waals surface area (Å²) in [5.41, 5.74) is 4.00. The lowest BCUT2D eigenvalue weighted by molar-refractivity contribution is 0.116. The van der Waals surface area contributed by atoms with Crippen molar-refractivity contribution < 1.29 is 14.9 Å². The summed E-state index contributed by atoms with van der Waals surface area (Å²) in [6.45, 7) is 6.51. The molecule has 0 spiro atoms. The van der Waals surface area contributed by atoms with Gasteiger partial charge in [-0.15, -0.1) is 0 Å². The number of aliphatic hydroxyl groups excluding tert-OH is 1. The second kappa shape index (κ2) is 7.25. The van der Waals surface area contributed by atoms with E-state index in [9.17, 15) is 10.2 Å².